The third kappa shape index (κ3) is 8.52. The summed E-state index contributed by atoms with van der Waals surface area (Å²) in [6.45, 7) is 10.2. The van der Waals surface area contributed by atoms with Crippen molar-refractivity contribution in [3.63, 3.8) is 0 Å². The molecule has 2 N–H and O–H groups in total. The number of halogens is 1. The Morgan fingerprint density at radius 1 is 1.05 bits per heavy atom. The molecule has 1 heterocycles. The molecule has 0 aliphatic heterocycles. The van der Waals surface area contributed by atoms with Gasteiger partial charge in [-0.1, -0.05) is 117 Å². The van der Waals surface area contributed by atoms with E-state index in [9.17, 15) is 14.7 Å². The molecular formula is C34H33ClN2O3. The number of aromatic nitrogens is 2. The van der Waals surface area contributed by atoms with E-state index in [2.05, 4.69) is 30.0 Å². The molecule has 0 bridgehead atoms. The molecule has 5 nitrogen and oxygen atoms in total. The fourth-order valence-corrected chi connectivity index (χ4v) is 4.37. The van der Waals surface area contributed by atoms with Crippen LogP contribution >= 0.6 is 11.6 Å². The molecule has 1 aromatic heterocycles. The van der Waals surface area contributed by atoms with Gasteiger partial charge in [0.2, 0.25) is 0 Å². The molecule has 1 atom stereocenters. The van der Waals surface area contributed by atoms with Crippen LogP contribution in [0.2, 0.25) is 0 Å². The van der Waals surface area contributed by atoms with Crippen LogP contribution in [0.5, 0.6) is 0 Å². The molecule has 0 spiro atoms. The number of hydrogen-bond acceptors (Lipinski definition) is 3. The zero-order valence-electron chi connectivity index (χ0n) is 22.5. The van der Waals surface area contributed by atoms with Crippen molar-refractivity contribution in [3.8, 4) is 11.3 Å². The van der Waals surface area contributed by atoms with Crippen LogP contribution in [0, 0.1) is 0 Å². The molecule has 0 saturated carbocycles. The van der Waals surface area contributed by atoms with Gasteiger partial charge in [-0.3, -0.25) is 4.79 Å². The maximum Gasteiger partial charge on any atom is 0.328 e. The summed E-state index contributed by atoms with van der Waals surface area (Å²) in [6.07, 6.45) is 11.3. The van der Waals surface area contributed by atoms with Gasteiger partial charge in [0, 0.05) is 29.2 Å². The van der Waals surface area contributed by atoms with E-state index in [1.807, 2.05) is 60.7 Å². The van der Waals surface area contributed by atoms with Crippen molar-refractivity contribution in [2.75, 3.05) is 0 Å². The molecule has 3 rings (SSSR count). The summed E-state index contributed by atoms with van der Waals surface area (Å²) in [5.74, 6) is -0.675. The SMILES string of the molecule is C=C(/C=C\C(=C\C(=O)O)C(=C)/C(=C\C=C\Cl)c1ncc(-c2ccccc2)[nH]1)C(=O)C[C@H](CCC)c1ccccc1. The summed E-state index contributed by atoms with van der Waals surface area (Å²) in [5.41, 5.74) is 5.71. The van der Waals surface area contributed by atoms with E-state index < -0.39 is 5.97 Å². The van der Waals surface area contributed by atoms with Gasteiger partial charge in [0.15, 0.2) is 5.78 Å². The molecule has 0 amide bonds. The molecule has 0 radical (unpaired) electrons. The van der Waals surface area contributed by atoms with Crippen LogP contribution in [0.1, 0.15) is 43.5 Å². The van der Waals surface area contributed by atoms with E-state index in [1.54, 1.807) is 30.5 Å². The number of Topliss-reactive ketones (excluding diaryl/α,β-unsaturated/α-hetero) is 1. The molecule has 40 heavy (non-hydrogen) atoms. The fraction of sp³-hybridized carbons (Fsp3) is 0.147. The van der Waals surface area contributed by atoms with Crippen LogP contribution in [-0.4, -0.2) is 26.8 Å². The monoisotopic (exact) mass is 552 g/mol. The normalized spacial score (nSPS) is 13.1. The van der Waals surface area contributed by atoms with Gasteiger partial charge in [0.1, 0.15) is 5.82 Å². The maximum atomic E-state index is 13.1. The molecular weight excluding hydrogens is 520 g/mol. The Bertz CT molecular complexity index is 1460. The molecule has 204 valence electrons. The molecule has 0 unspecified atom stereocenters. The Morgan fingerprint density at radius 2 is 1.73 bits per heavy atom. The largest absolute Gasteiger partial charge is 0.478 e. The maximum absolute atomic E-state index is 13.1. The average molecular weight is 553 g/mol. The number of rotatable bonds is 14. The lowest BCUT2D eigenvalue weighted by Crippen LogP contribution is -2.08. The number of ketones is 1. The van der Waals surface area contributed by atoms with Gasteiger partial charge >= 0.3 is 5.97 Å². The summed E-state index contributed by atoms with van der Waals surface area (Å²) in [6, 6.07) is 19.7. The standard InChI is InChI=1S/C34H33ClN2O3/c1-4-12-29(26-13-7-5-8-14-26)21-32(38)24(2)18-19-28(22-33(39)40)25(3)30(17-11-20-35)34-36-23-31(37-34)27-15-9-6-10-16-27/h5-11,13-20,22-23,29H,2-4,12,21H2,1H3,(H,36,37)(H,39,40)/b19-18-,20-11+,28-22-,30-17+/t29-/m0/s1. The second-order valence-corrected chi connectivity index (χ2v) is 9.46. The van der Waals surface area contributed by atoms with Gasteiger partial charge in [-0.2, -0.15) is 0 Å². The van der Waals surface area contributed by atoms with Crippen molar-refractivity contribution in [1.29, 1.82) is 0 Å². The number of imidazole rings is 1. The van der Waals surface area contributed by atoms with Gasteiger partial charge in [-0.15, -0.1) is 0 Å². The number of aromatic amines is 1. The van der Waals surface area contributed by atoms with E-state index in [0.29, 0.717) is 29.0 Å². The number of benzene rings is 2. The Morgan fingerprint density at radius 3 is 2.35 bits per heavy atom. The minimum Gasteiger partial charge on any atom is -0.478 e. The first-order valence-corrected chi connectivity index (χ1v) is 13.4. The number of hydrogen-bond donors (Lipinski definition) is 2. The molecule has 2 aromatic carbocycles. The number of carboxylic acids is 1. The number of nitrogens with one attached hydrogen (secondary N) is 1. The van der Waals surface area contributed by atoms with Crippen molar-refractivity contribution in [1.82, 2.24) is 9.97 Å². The van der Waals surface area contributed by atoms with E-state index >= 15 is 0 Å². The van der Waals surface area contributed by atoms with E-state index in [4.69, 9.17) is 11.6 Å². The first kappa shape index (κ1) is 30.1. The first-order chi connectivity index (χ1) is 19.3. The number of nitrogens with zero attached hydrogens (tertiary/aromatic N) is 1. The number of allylic oxidation sites excluding steroid dienone is 8. The second kappa shape index (κ2) is 15.2. The second-order valence-electron chi connectivity index (χ2n) is 9.21. The molecule has 0 saturated heterocycles. The lowest BCUT2D eigenvalue weighted by Gasteiger charge is -2.16. The van der Waals surface area contributed by atoms with Gasteiger partial charge in [0.05, 0.1) is 11.9 Å². The number of carbonyl (C=O) groups excluding carboxylic acids is 1. The molecule has 0 fully saturated rings. The van der Waals surface area contributed by atoms with Crippen molar-refractivity contribution in [3.05, 3.63) is 144 Å². The number of carboxylic acid groups (broad SMARTS) is 1. The van der Waals surface area contributed by atoms with E-state index in [0.717, 1.165) is 35.7 Å². The van der Waals surface area contributed by atoms with Crippen LogP contribution in [0.4, 0.5) is 0 Å². The lowest BCUT2D eigenvalue weighted by atomic mass is 9.88. The predicted octanol–water partition coefficient (Wildman–Crippen LogP) is 8.44. The molecule has 0 aliphatic rings. The van der Waals surface area contributed by atoms with Crippen LogP contribution in [0.25, 0.3) is 16.8 Å². The van der Waals surface area contributed by atoms with Gasteiger partial charge in [-0.25, -0.2) is 9.78 Å². The summed E-state index contributed by atoms with van der Waals surface area (Å²) in [7, 11) is 0. The summed E-state index contributed by atoms with van der Waals surface area (Å²) in [5, 5.41) is 9.57. The van der Waals surface area contributed by atoms with E-state index in [1.165, 1.54) is 5.54 Å². The molecule has 6 heteroatoms. The van der Waals surface area contributed by atoms with Crippen molar-refractivity contribution in [2.45, 2.75) is 32.1 Å². The topological polar surface area (TPSA) is 83.0 Å². The summed E-state index contributed by atoms with van der Waals surface area (Å²) < 4.78 is 0. The Hall–Kier alpha value is -4.48. The van der Waals surface area contributed by atoms with Crippen LogP contribution in [0.3, 0.4) is 0 Å². The molecule has 3 aromatic rings. The highest BCUT2D eigenvalue weighted by Gasteiger charge is 2.18. The molecule has 0 aliphatic carbocycles. The highest BCUT2D eigenvalue weighted by Crippen LogP contribution is 2.30. The van der Waals surface area contributed by atoms with Crippen molar-refractivity contribution >= 4 is 28.9 Å². The van der Waals surface area contributed by atoms with Gasteiger partial charge in [0.25, 0.3) is 0 Å². The Kier molecular flexibility index (Phi) is 11.4. The quantitative estimate of drug-likeness (QED) is 0.155. The smallest absolute Gasteiger partial charge is 0.328 e. The van der Waals surface area contributed by atoms with E-state index in [-0.39, 0.29) is 17.3 Å². The minimum absolute atomic E-state index is 0.0856. The van der Waals surface area contributed by atoms with Crippen LogP contribution < -0.4 is 0 Å². The first-order valence-electron chi connectivity index (χ1n) is 13.0. The average Bonchev–Trinajstić information content (AvgIpc) is 3.45. The van der Waals surface area contributed by atoms with Crippen molar-refractivity contribution in [2.24, 2.45) is 0 Å². The third-order valence-corrected chi connectivity index (χ3v) is 6.51. The minimum atomic E-state index is -1.15. The third-order valence-electron chi connectivity index (χ3n) is 6.37. The highest BCUT2D eigenvalue weighted by molar-refractivity contribution is 6.25. The Labute approximate surface area is 240 Å². The lowest BCUT2D eigenvalue weighted by molar-refractivity contribution is -0.131. The zero-order chi connectivity index (χ0) is 28.9. The Balaban J connectivity index is 1.85. The highest BCUT2D eigenvalue weighted by atomic mass is 35.5. The summed E-state index contributed by atoms with van der Waals surface area (Å²) >= 11 is 5.79. The summed E-state index contributed by atoms with van der Waals surface area (Å²) in [4.78, 5) is 32.6. The van der Waals surface area contributed by atoms with Gasteiger partial charge in [-0.05, 0) is 40.7 Å². The number of H-pyrrole nitrogens is 1. The fourth-order valence-electron chi connectivity index (χ4n) is 4.30. The van der Waals surface area contributed by atoms with Crippen LogP contribution in [0.15, 0.2) is 133 Å². The van der Waals surface area contributed by atoms with Gasteiger partial charge < -0.3 is 10.1 Å². The zero-order valence-corrected chi connectivity index (χ0v) is 23.3. The van der Waals surface area contributed by atoms with Crippen LogP contribution in [-0.2, 0) is 9.59 Å². The van der Waals surface area contributed by atoms with Crippen molar-refractivity contribution < 1.29 is 14.7 Å². The number of aliphatic carboxylic acids is 1. The predicted molar refractivity (Wildman–Crippen MR) is 164 cm³/mol. The number of carbonyl (C=O) groups is 2.